The van der Waals surface area contributed by atoms with Gasteiger partial charge in [0.1, 0.15) is 10.7 Å². The highest BCUT2D eigenvalue weighted by molar-refractivity contribution is 7.14. The average molecular weight is 415 g/mol. The van der Waals surface area contributed by atoms with Gasteiger partial charge in [0.05, 0.1) is 15.7 Å². The fourth-order valence-corrected chi connectivity index (χ4v) is 3.71. The van der Waals surface area contributed by atoms with Crippen molar-refractivity contribution < 1.29 is 4.79 Å². The molecule has 1 amide bonds. The second-order valence-corrected chi connectivity index (χ2v) is 8.48. The van der Waals surface area contributed by atoms with Gasteiger partial charge in [-0.15, -0.1) is 11.3 Å². The lowest BCUT2D eigenvalue weighted by atomic mass is 10.0. The predicted molar refractivity (Wildman–Crippen MR) is 116 cm³/mol. The summed E-state index contributed by atoms with van der Waals surface area (Å²) in [5, 5.41) is 7.88. The van der Waals surface area contributed by atoms with E-state index in [1.54, 1.807) is 12.3 Å². The number of aromatic nitrogens is 2. The van der Waals surface area contributed by atoms with Crippen molar-refractivity contribution in [3.63, 3.8) is 0 Å². The van der Waals surface area contributed by atoms with Crippen LogP contribution in [0.4, 0.5) is 5.82 Å². The molecule has 0 spiro atoms. The highest BCUT2D eigenvalue weighted by Gasteiger charge is 2.22. The van der Waals surface area contributed by atoms with Crippen LogP contribution in [0.2, 0.25) is 5.02 Å². The van der Waals surface area contributed by atoms with Crippen LogP contribution in [0, 0.1) is 12.8 Å². The van der Waals surface area contributed by atoms with Crippen molar-refractivity contribution in [2.75, 3.05) is 11.9 Å². The molecule has 2 N–H and O–H groups in total. The molecule has 0 unspecified atom stereocenters. The maximum atomic E-state index is 13.0. The fraction of sp³-hybridized carbons (Fsp3) is 0.286. The van der Waals surface area contributed by atoms with Gasteiger partial charge in [-0.2, -0.15) is 0 Å². The molecule has 28 heavy (non-hydrogen) atoms. The van der Waals surface area contributed by atoms with Crippen LogP contribution in [0.25, 0.3) is 11.3 Å². The molecule has 0 radical (unpaired) electrons. The molecule has 3 aromatic rings. The number of nitrogens with zero attached hydrogens (tertiary/aromatic N) is 2. The van der Waals surface area contributed by atoms with Crippen molar-refractivity contribution >= 4 is 34.7 Å². The number of anilines is 1. The van der Waals surface area contributed by atoms with Gasteiger partial charge in [0, 0.05) is 24.3 Å². The summed E-state index contributed by atoms with van der Waals surface area (Å²) in [6, 6.07) is 13.3. The zero-order chi connectivity index (χ0) is 20.1. The quantitative estimate of drug-likeness (QED) is 0.568. The largest absolute Gasteiger partial charge is 0.368 e. The average Bonchev–Trinajstić information content (AvgIpc) is 3.08. The molecule has 1 atom stereocenters. The summed E-state index contributed by atoms with van der Waals surface area (Å²) in [4.78, 5) is 22.5. The van der Waals surface area contributed by atoms with E-state index >= 15 is 0 Å². The smallest absolute Gasteiger partial charge is 0.263 e. The Bertz CT molecular complexity index is 925. The number of aryl methyl sites for hydroxylation is 1. The van der Waals surface area contributed by atoms with Crippen molar-refractivity contribution in [2.24, 2.45) is 5.92 Å². The molecule has 3 rings (SSSR count). The number of hydrogen-bond acceptors (Lipinski definition) is 5. The Balaban J connectivity index is 1.73. The lowest BCUT2D eigenvalue weighted by molar-refractivity contribution is 0.0933. The molecule has 0 bridgehead atoms. The molecule has 0 saturated carbocycles. The van der Waals surface area contributed by atoms with Crippen LogP contribution < -0.4 is 10.6 Å². The topological polar surface area (TPSA) is 66.9 Å². The zero-order valence-electron chi connectivity index (χ0n) is 16.1. The molecule has 0 aliphatic carbocycles. The molecular weight excluding hydrogens is 392 g/mol. The van der Waals surface area contributed by atoms with Gasteiger partial charge in [-0.3, -0.25) is 4.79 Å². The monoisotopic (exact) mass is 414 g/mol. The van der Waals surface area contributed by atoms with Crippen molar-refractivity contribution in [3.05, 3.63) is 63.6 Å². The van der Waals surface area contributed by atoms with Crippen molar-refractivity contribution in [2.45, 2.75) is 26.8 Å². The van der Waals surface area contributed by atoms with Crippen LogP contribution in [0.15, 0.2) is 48.7 Å². The van der Waals surface area contributed by atoms with Crippen molar-refractivity contribution in [1.82, 2.24) is 15.3 Å². The van der Waals surface area contributed by atoms with Crippen LogP contribution in [0.1, 0.15) is 28.5 Å². The second-order valence-electron chi connectivity index (χ2n) is 6.84. The van der Waals surface area contributed by atoms with E-state index in [0.717, 1.165) is 22.1 Å². The van der Waals surface area contributed by atoms with E-state index < -0.39 is 0 Å². The number of carbonyl (C=O) groups excluding carboxylic acids is 1. The lowest BCUT2D eigenvalue weighted by Gasteiger charge is -2.23. The number of benzene rings is 1. The van der Waals surface area contributed by atoms with E-state index in [1.807, 2.05) is 43.3 Å². The Kier molecular flexibility index (Phi) is 6.65. The molecule has 146 valence electrons. The summed E-state index contributed by atoms with van der Waals surface area (Å²) < 4.78 is 0. The number of amides is 1. The standard InChI is InChI=1S/C21H23ClN4OS/c1-13(2)17(12-24-18-10-9-16(22)11-23-18)26-21(27)20-19(25-14(3)28-20)15-7-5-4-6-8-15/h4-11,13,17H,12H2,1-3H3,(H,23,24)(H,26,27)/t17-/m1/s1. The number of hydrogen-bond donors (Lipinski definition) is 2. The third-order valence-electron chi connectivity index (χ3n) is 4.34. The van der Waals surface area contributed by atoms with Gasteiger partial charge in [0.15, 0.2) is 0 Å². The van der Waals surface area contributed by atoms with Gasteiger partial charge in [0.2, 0.25) is 0 Å². The van der Waals surface area contributed by atoms with Gasteiger partial charge in [0.25, 0.3) is 5.91 Å². The van der Waals surface area contributed by atoms with Gasteiger partial charge in [-0.1, -0.05) is 55.8 Å². The predicted octanol–water partition coefficient (Wildman–Crippen LogP) is 5.03. The minimum Gasteiger partial charge on any atom is -0.368 e. The Morgan fingerprint density at radius 2 is 1.93 bits per heavy atom. The molecule has 0 saturated heterocycles. The van der Waals surface area contributed by atoms with Crippen LogP contribution >= 0.6 is 22.9 Å². The van der Waals surface area contributed by atoms with Gasteiger partial charge in [-0.25, -0.2) is 9.97 Å². The molecule has 1 aromatic carbocycles. The highest BCUT2D eigenvalue weighted by atomic mass is 35.5. The minimum absolute atomic E-state index is 0.0593. The Morgan fingerprint density at radius 1 is 1.18 bits per heavy atom. The molecule has 0 aliphatic heterocycles. The van der Waals surface area contributed by atoms with E-state index in [2.05, 4.69) is 34.4 Å². The zero-order valence-corrected chi connectivity index (χ0v) is 17.6. The van der Waals surface area contributed by atoms with Crippen LogP contribution in [0.3, 0.4) is 0 Å². The fourth-order valence-electron chi connectivity index (χ4n) is 2.75. The first kappa shape index (κ1) is 20.3. The van der Waals surface area contributed by atoms with Gasteiger partial charge < -0.3 is 10.6 Å². The molecule has 0 fully saturated rings. The molecule has 2 heterocycles. The van der Waals surface area contributed by atoms with Crippen LogP contribution in [-0.2, 0) is 0 Å². The van der Waals surface area contributed by atoms with Crippen molar-refractivity contribution in [3.8, 4) is 11.3 Å². The summed E-state index contributed by atoms with van der Waals surface area (Å²) in [5.74, 6) is 0.870. The number of halogens is 1. The number of carbonyl (C=O) groups is 1. The van der Waals surface area contributed by atoms with Gasteiger partial charge >= 0.3 is 0 Å². The second kappa shape index (κ2) is 9.17. The number of nitrogens with one attached hydrogen (secondary N) is 2. The molecular formula is C21H23ClN4OS. The third kappa shape index (κ3) is 5.09. The van der Waals surface area contributed by atoms with Crippen molar-refractivity contribution in [1.29, 1.82) is 0 Å². The summed E-state index contributed by atoms with van der Waals surface area (Å²) in [5.41, 5.74) is 1.68. The van der Waals surface area contributed by atoms with Crippen LogP contribution in [-0.4, -0.2) is 28.5 Å². The summed E-state index contributed by atoms with van der Waals surface area (Å²) in [6.45, 7) is 6.65. The Labute approximate surface area is 174 Å². The van der Waals surface area contributed by atoms with E-state index in [-0.39, 0.29) is 17.9 Å². The first-order valence-corrected chi connectivity index (χ1v) is 10.3. The summed E-state index contributed by atoms with van der Waals surface area (Å²) in [7, 11) is 0. The van der Waals surface area contributed by atoms with Gasteiger partial charge in [-0.05, 0) is 25.0 Å². The summed E-state index contributed by atoms with van der Waals surface area (Å²) >= 11 is 7.29. The molecule has 2 aromatic heterocycles. The third-order valence-corrected chi connectivity index (χ3v) is 5.53. The molecule has 5 nitrogen and oxygen atoms in total. The highest BCUT2D eigenvalue weighted by Crippen LogP contribution is 2.28. The lowest BCUT2D eigenvalue weighted by Crippen LogP contribution is -2.43. The number of thiazole rings is 1. The van der Waals surface area contributed by atoms with E-state index in [1.165, 1.54) is 11.3 Å². The number of pyridine rings is 1. The van der Waals surface area contributed by atoms with E-state index in [9.17, 15) is 4.79 Å². The Hall–Kier alpha value is -2.44. The first-order valence-electron chi connectivity index (χ1n) is 9.13. The minimum atomic E-state index is -0.103. The normalized spacial score (nSPS) is 12.0. The van der Waals surface area contributed by atoms with E-state index in [0.29, 0.717) is 16.4 Å². The Morgan fingerprint density at radius 3 is 2.57 bits per heavy atom. The SMILES string of the molecule is Cc1nc(-c2ccccc2)c(C(=O)N[C@H](CNc2ccc(Cl)cn2)C(C)C)s1. The maximum absolute atomic E-state index is 13.0. The maximum Gasteiger partial charge on any atom is 0.263 e. The molecule has 0 aliphatic rings. The summed E-state index contributed by atoms with van der Waals surface area (Å²) in [6.07, 6.45) is 1.60. The number of rotatable bonds is 7. The van der Waals surface area contributed by atoms with E-state index in [4.69, 9.17) is 11.6 Å². The van der Waals surface area contributed by atoms with Crippen LogP contribution in [0.5, 0.6) is 0 Å². The molecule has 7 heteroatoms. The first-order chi connectivity index (χ1) is 13.4.